The maximum Gasteiger partial charge on any atom is 0.222 e. The van der Waals surface area contributed by atoms with Crippen LogP contribution in [0.1, 0.15) is 70.4 Å². The lowest BCUT2D eigenvalue weighted by molar-refractivity contribution is -0.124. The molecule has 2 fully saturated rings. The molecule has 0 aromatic heterocycles. The van der Waals surface area contributed by atoms with Gasteiger partial charge in [0.2, 0.25) is 11.8 Å². The van der Waals surface area contributed by atoms with Crippen LogP contribution in [0.3, 0.4) is 0 Å². The molecule has 2 N–H and O–H groups in total. The molecule has 0 bridgehead atoms. The fourth-order valence-corrected chi connectivity index (χ4v) is 4.69. The number of amides is 2. The zero-order chi connectivity index (χ0) is 19.8. The van der Waals surface area contributed by atoms with Crippen LogP contribution in [0.2, 0.25) is 10.0 Å². The normalized spacial score (nSPS) is 20.8. The first-order valence-electron chi connectivity index (χ1n) is 9.37. The van der Waals surface area contributed by atoms with E-state index in [1.807, 2.05) is 0 Å². The molecule has 0 saturated heterocycles. The summed E-state index contributed by atoms with van der Waals surface area (Å²) < 4.78 is 14.7. The molecule has 0 radical (unpaired) electrons. The maximum atomic E-state index is 14.7. The average Bonchev–Trinajstić information content (AvgIpc) is 3.16. The van der Waals surface area contributed by atoms with Crippen molar-refractivity contribution in [2.24, 2.45) is 5.41 Å². The fourth-order valence-electron chi connectivity index (χ4n) is 4.26. The molecule has 148 valence electrons. The van der Waals surface area contributed by atoms with Gasteiger partial charge in [0, 0.05) is 24.4 Å². The number of halogens is 3. The second-order valence-electron chi connectivity index (χ2n) is 8.26. The van der Waals surface area contributed by atoms with Gasteiger partial charge in [-0.25, -0.2) is 4.39 Å². The van der Waals surface area contributed by atoms with Gasteiger partial charge < -0.3 is 10.6 Å². The Balaban J connectivity index is 1.87. The van der Waals surface area contributed by atoms with Crippen molar-refractivity contribution in [3.63, 3.8) is 0 Å². The summed E-state index contributed by atoms with van der Waals surface area (Å²) in [6.45, 7) is 3.50. The predicted octanol–water partition coefficient (Wildman–Crippen LogP) is 4.93. The highest BCUT2D eigenvalue weighted by atomic mass is 35.5. The first-order chi connectivity index (χ1) is 12.7. The molecule has 0 aliphatic heterocycles. The van der Waals surface area contributed by atoms with Gasteiger partial charge in [-0.05, 0) is 43.2 Å². The summed E-state index contributed by atoms with van der Waals surface area (Å²) in [7, 11) is 0. The molecule has 4 nitrogen and oxygen atoms in total. The van der Waals surface area contributed by atoms with Gasteiger partial charge in [0.05, 0.1) is 16.1 Å². The van der Waals surface area contributed by atoms with Gasteiger partial charge in [0.25, 0.3) is 0 Å². The third kappa shape index (κ3) is 4.40. The highest BCUT2D eigenvalue weighted by Crippen LogP contribution is 2.50. The molecule has 1 aromatic carbocycles. The molecule has 7 heteroatoms. The number of benzene rings is 1. The summed E-state index contributed by atoms with van der Waals surface area (Å²) >= 11 is 12.5. The molecule has 2 amide bonds. The van der Waals surface area contributed by atoms with Gasteiger partial charge in [-0.15, -0.1) is 0 Å². The van der Waals surface area contributed by atoms with Gasteiger partial charge in [-0.1, -0.05) is 43.0 Å². The second-order valence-corrected chi connectivity index (χ2v) is 9.04. The molecular formula is C20H25Cl2FN2O2. The van der Waals surface area contributed by atoms with E-state index >= 15 is 0 Å². The van der Waals surface area contributed by atoms with Crippen molar-refractivity contribution >= 4 is 35.0 Å². The van der Waals surface area contributed by atoms with Crippen LogP contribution in [0.15, 0.2) is 12.1 Å². The highest BCUT2D eigenvalue weighted by Gasteiger charge is 2.47. The predicted molar refractivity (Wildman–Crippen MR) is 104 cm³/mol. The second kappa shape index (κ2) is 7.59. The van der Waals surface area contributed by atoms with Gasteiger partial charge >= 0.3 is 0 Å². The minimum Gasteiger partial charge on any atom is -0.350 e. The molecule has 1 unspecified atom stereocenters. The Labute approximate surface area is 169 Å². The third-order valence-electron chi connectivity index (χ3n) is 5.91. The lowest BCUT2D eigenvalue weighted by Gasteiger charge is -2.36. The van der Waals surface area contributed by atoms with Crippen LogP contribution in [-0.4, -0.2) is 17.4 Å². The first-order valence-corrected chi connectivity index (χ1v) is 10.1. The van der Waals surface area contributed by atoms with Crippen molar-refractivity contribution in [1.29, 1.82) is 0 Å². The van der Waals surface area contributed by atoms with E-state index in [0.717, 1.165) is 38.5 Å². The van der Waals surface area contributed by atoms with Crippen LogP contribution >= 0.6 is 23.2 Å². The van der Waals surface area contributed by atoms with Crippen molar-refractivity contribution in [2.75, 3.05) is 0 Å². The van der Waals surface area contributed by atoms with Crippen molar-refractivity contribution < 1.29 is 14.0 Å². The van der Waals surface area contributed by atoms with Crippen LogP contribution in [0.5, 0.6) is 0 Å². The summed E-state index contributed by atoms with van der Waals surface area (Å²) in [5.41, 5.74) is -0.505. The minimum absolute atomic E-state index is 0.150. The number of carbonyl (C=O) groups is 2. The zero-order valence-corrected chi connectivity index (χ0v) is 17.1. The molecular weight excluding hydrogens is 390 g/mol. The molecule has 1 atom stereocenters. The van der Waals surface area contributed by atoms with Crippen LogP contribution < -0.4 is 10.6 Å². The summed E-state index contributed by atoms with van der Waals surface area (Å²) in [5, 5.41) is 6.31. The summed E-state index contributed by atoms with van der Waals surface area (Å²) in [6.07, 6.45) is 5.52. The van der Waals surface area contributed by atoms with E-state index in [-0.39, 0.29) is 39.3 Å². The van der Waals surface area contributed by atoms with E-state index in [0.29, 0.717) is 0 Å². The number of hydrogen-bond donors (Lipinski definition) is 2. The molecule has 0 spiro atoms. The van der Waals surface area contributed by atoms with Crippen molar-refractivity contribution in [2.45, 2.75) is 70.4 Å². The number of nitrogens with one attached hydrogen (secondary N) is 2. The van der Waals surface area contributed by atoms with Crippen LogP contribution in [0.25, 0.3) is 0 Å². The Morgan fingerprint density at radius 2 is 1.81 bits per heavy atom. The number of hydrogen-bond acceptors (Lipinski definition) is 2. The van der Waals surface area contributed by atoms with Crippen LogP contribution in [-0.2, 0) is 9.59 Å². The maximum absolute atomic E-state index is 14.7. The summed E-state index contributed by atoms with van der Waals surface area (Å²) in [4.78, 5) is 24.2. The Morgan fingerprint density at radius 1 is 1.19 bits per heavy atom. The summed E-state index contributed by atoms with van der Waals surface area (Å²) in [6, 6.07) is 2.15. The monoisotopic (exact) mass is 414 g/mol. The summed E-state index contributed by atoms with van der Waals surface area (Å²) in [5.74, 6) is -0.829. The van der Waals surface area contributed by atoms with Crippen LogP contribution in [0, 0.1) is 11.2 Å². The van der Waals surface area contributed by atoms with Gasteiger partial charge in [-0.2, -0.15) is 0 Å². The third-order valence-corrected chi connectivity index (χ3v) is 6.73. The van der Waals surface area contributed by atoms with Crippen molar-refractivity contribution in [3.8, 4) is 0 Å². The lowest BCUT2D eigenvalue weighted by atomic mass is 9.77. The fraction of sp³-hybridized carbons (Fsp3) is 0.600. The van der Waals surface area contributed by atoms with Crippen molar-refractivity contribution in [3.05, 3.63) is 33.6 Å². The smallest absolute Gasteiger partial charge is 0.222 e. The molecule has 2 saturated carbocycles. The Morgan fingerprint density at radius 3 is 2.37 bits per heavy atom. The lowest BCUT2D eigenvalue weighted by Crippen LogP contribution is -2.44. The number of carbonyl (C=O) groups excluding carboxylic acids is 2. The molecule has 2 aliphatic rings. The van der Waals surface area contributed by atoms with E-state index in [4.69, 9.17) is 23.2 Å². The first kappa shape index (κ1) is 20.4. The van der Waals surface area contributed by atoms with E-state index in [1.54, 1.807) is 0 Å². The Hall–Kier alpha value is -1.33. The van der Waals surface area contributed by atoms with Gasteiger partial charge in [-0.3, -0.25) is 9.59 Å². The SMILES string of the molecule is CC(=O)NC1(CC(=O)NC(c2c(F)ccc(Cl)c2Cl)C2(C)CCCC2)CC1. The largest absolute Gasteiger partial charge is 0.350 e. The highest BCUT2D eigenvalue weighted by molar-refractivity contribution is 6.42. The minimum atomic E-state index is -0.563. The molecule has 27 heavy (non-hydrogen) atoms. The van der Waals surface area contributed by atoms with Crippen LogP contribution in [0.4, 0.5) is 4.39 Å². The van der Waals surface area contributed by atoms with E-state index < -0.39 is 17.4 Å². The molecule has 3 rings (SSSR count). The van der Waals surface area contributed by atoms with Gasteiger partial charge in [0.15, 0.2) is 0 Å². The quantitative estimate of drug-likeness (QED) is 0.648. The molecule has 0 heterocycles. The zero-order valence-electron chi connectivity index (χ0n) is 15.6. The molecule has 2 aliphatic carbocycles. The Bertz CT molecular complexity index is 759. The standard InChI is InChI=1S/C20H25Cl2FN2O2/c1-12(26)25-20(9-10-20)11-15(27)24-18(19(2)7-3-4-8-19)16-14(23)6-5-13(21)17(16)22/h5-6,18H,3-4,7-11H2,1-2H3,(H,24,27)(H,25,26). The van der Waals surface area contributed by atoms with Crippen molar-refractivity contribution in [1.82, 2.24) is 10.6 Å². The average molecular weight is 415 g/mol. The van der Waals surface area contributed by atoms with E-state index in [2.05, 4.69) is 17.6 Å². The van der Waals surface area contributed by atoms with E-state index in [1.165, 1.54) is 19.1 Å². The topological polar surface area (TPSA) is 58.2 Å². The van der Waals surface area contributed by atoms with Gasteiger partial charge in [0.1, 0.15) is 5.82 Å². The van der Waals surface area contributed by atoms with E-state index in [9.17, 15) is 14.0 Å². The Kier molecular flexibility index (Phi) is 5.74. The molecule has 1 aromatic rings. The number of rotatable bonds is 6.